The van der Waals surface area contributed by atoms with Crippen LogP contribution in [-0.4, -0.2) is 49.6 Å². The summed E-state index contributed by atoms with van der Waals surface area (Å²) >= 11 is 0. The molecule has 0 fully saturated rings. The van der Waals surface area contributed by atoms with Crippen LogP contribution in [0.3, 0.4) is 0 Å². The van der Waals surface area contributed by atoms with Crippen molar-refractivity contribution in [1.29, 1.82) is 0 Å². The molecule has 1 rings (SSSR count). The predicted molar refractivity (Wildman–Crippen MR) is 91.1 cm³/mol. The molecular weight excluding hydrogens is 332 g/mol. The summed E-state index contributed by atoms with van der Waals surface area (Å²) in [7, 11) is -1.96. The molecule has 2 N–H and O–H groups in total. The van der Waals surface area contributed by atoms with Gasteiger partial charge in [0.25, 0.3) is 0 Å². The highest BCUT2D eigenvalue weighted by molar-refractivity contribution is 7.88. The van der Waals surface area contributed by atoms with E-state index in [-0.39, 0.29) is 18.0 Å². The number of hydrogen-bond donors (Lipinski definition) is 2. The number of nitrogens with zero attached hydrogens (tertiary/aromatic N) is 1. The SMILES string of the molecule is CN(Cc1ccc(C(=O)O)cc1)C(=O)C(NS(C)(=O)=O)C(C)(C)C. The Morgan fingerprint density at radius 1 is 1.21 bits per heavy atom. The second-order valence-electron chi connectivity index (χ2n) is 6.89. The Morgan fingerprint density at radius 3 is 2.08 bits per heavy atom. The molecule has 0 aliphatic carbocycles. The van der Waals surface area contributed by atoms with Crippen molar-refractivity contribution < 1.29 is 23.1 Å². The number of sulfonamides is 1. The molecule has 0 aliphatic rings. The van der Waals surface area contributed by atoms with Gasteiger partial charge in [-0.25, -0.2) is 17.9 Å². The molecule has 1 atom stereocenters. The number of hydrogen-bond acceptors (Lipinski definition) is 4. The van der Waals surface area contributed by atoms with Gasteiger partial charge in [0.2, 0.25) is 15.9 Å². The normalized spacial score (nSPS) is 13.4. The highest BCUT2D eigenvalue weighted by Crippen LogP contribution is 2.22. The first-order chi connectivity index (χ1) is 10.8. The minimum absolute atomic E-state index is 0.166. The van der Waals surface area contributed by atoms with Crippen molar-refractivity contribution in [3.63, 3.8) is 0 Å². The fraction of sp³-hybridized carbons (Fsp3) is 0.500. The van der Waals surface area contributed by atoms with Gasteiger partial charge in [-0.3, -0.25) is 4.79 Å². The topological polar surface area (TPSA) is 104 Å². The van der Waals surface area contributed by atoms with Crippen LogP contribution in [0, 0.1) is 5.41 Å². The molecule has 1 amide bonds. The number of nitrogens with one attached hydrogen (secondary N) is 1. The highest BCUT2D eigenvalue weighted by atomic mass is 32.2. The van der Waals surface area contributed by atoms with Gasteiger partial charge in [-0.05, 0) is 23.1 Å². The lowest BCUT2D eigenvalue weighted by Gasteiger charge is -2.33. The quantitative estimate of drug-likeness (QED) is 0.800. The van der Waals surface area contributed by atoms with Crippen molar-refractivity contribution in [2.24, 2.45) is 5.41 Å². The molecule has 0 spiro atoms. The van der Waals surface area contributed by atoms with E-state index in [4.69, 9.17) is 5.11 Å². The molecule has 24 heavy (non-hydrogen) atoms. The predicted octanol–water partition coefficient (Wildman–Crippen LogP) is 1.31. The Hall–Kier alpha value is -1.93. The zero-order valence-corrected chi connectivity index (χ0v) is 15.3. The third-order valence-electron chi connectivity index (χ3n) is 3.44. The van der Waals surface area contributed by atoms with Crippen LogP contribution in [0.25, 0.3) is 0 Å². The Morgan fingerprint density at radius 2 is 1.71 bits per heavy atom. The van der Waals surface area contributed by atoms with E-state index in [1.807, 2.05) is 0 Å². The van der Waals surface area contributed by atoms with Crippen molar-refractivity contribution in [2.45, 2.75) is 33.4 Å². The number of amides is 1. The van der Waals surface area contributed by atoms with E-state index in [9.17, 15) is 18.0 Å². The lowest BCUT2D eigenvalue weighted by Crippen LogP contribution is -2.53. The number of carboxylic acids is 1. The van der Waals surface area contributed by atoms with Gasteiger partial charge in [0, 0.05) is 13.6 Å². The van der Waals surface area contributed by atoms with E-state index in [1.54, 1.807) is 40.0 Å². The third kappa shape index (κ3) is 5.93. The van der Waals surface area contributed by atoms with Gasteiger partial charge in [-0.2, -0.15) is 0 Å². The fourth-order valence-corrected chi connectivity index (χ4v) is 3.02. The lowest BCUT2D eigenvalue weighted by molar-refractivity contribution is -0.134. The highest BCUT2D eigenvalue weighted by Gasteiger charge is 2.35. The number of carbonyl (C=O) groups excluding carboxylic acids is 1. The summed E-state index contributed by atoms with van der Waals surface area (Å²) in [5, 5.41) is 8.89. The molecule has 7 nitrogen and oxygen atoms in total. The van der Waals surface area contributed by atoms with Crippen molar-refractivity contribution in [1.82, 2.24) is 9.62 Å². The molecule has 0 bridgehead atoms. The zero-order chi connectivity index (χ0) is 18.7. The minimum atomic E-state index is -3.54. The maximum atomic E-state index is 12.7. The summed E-state index contributed by atoms with van der Waals surface area (Å²) in [5.74, 6) is -1.37. The maximum absolute atomic E-state index is 12.7. The van der Waals surface area contributed by atoms with E-state index < -0.39 is 27.4 Å². The summed E-state index contributed by atoms with van der Waals surface area (Å²) < 4.78 is 25.5. The standard InChI is InChI=1S/C16H24N2O5S/c1-16(2,3)13(17-24(5,22)23)14(19)18(4)10-11-6-8-12(9-7-11)15(20)21/h6-9,13,17H,10H2,1-5H3,(H,20,21). The molecule has 0 aromatic heterocycles. The van der Waals surface area contributed by atoms with Crippen molar-refractivity contribution in [3.05, 3.63) is 35.4 Å². The van der Waals surface area contributed by atoms with Crippen molar-refractivity contribution >= 4 is 21.9 Å². The van der Waals surface area contributed by atoms with E-state index in [2.05, 4.69) is 4.72 Å². The number of benzene rings is 1. The van der Waals surface area contributed by atoms with Gasteiger partial charge < -0.3 is 10.0 Å². The molecule has 1 unspecified atom stereocenters. The molecule has 1 aromatic rings. The van der Waals surface area contributed by atoms with Crippen LogP contribution in [0.1, 0.15) is 36.7 Å². The van der Waals surface area contributed by atoms with Gasteiger partial charge in [-0.1, -0.05) is 32.9 Å². The molecule has 0 saturated heterocycles. The molecule has 1 aromatic carbocycles. The van der Waals surface area contributed by atoms with Gasteiger partial charge in [-0.15, -0.1) is 0 Å². The van der Waals surface area contributed by atoms with Crippen LogP contribution >= 0.6 is 0 Å². The Balaban J connectivity index is 2.92. The number of carbonyl (C=O) groups is 2. The lowest BCUT2D eigenvalue weighted by atomic mass is 9.86. The smallest absolute Gasteiger partial charge is 0.335 e. The second kappa shape index (κ2) is 7.31. The zero-order valence-electron chi connectivity index (χ0n) is 14.5. The Bertz CT molecular complexity index is 705. The number of rotatable bonds is 6. The Kier molecular flexibility index (Phi) is 6.13. The molecule has 0 aliphatic heterocycles. The summed E-state index contributed by atoms with van der Waals surface area (Å²) in [6.07, 6.45) is 1.02. The van der Waals surface area contributed by atoms with Gasteiger partial charge in [0.1, 0.15) is 6.04 Å². The Labute approximate surface area is 142 Å². The monoisotopic (exact) mass is 356 g/mol. The molecule has 0 heterocycles. The van der Waals surface area contributed by atoms with E-state index in [0.29, 0.717) is 0 Å². The minimum Gasteiger partial charge on any atom is -0.478 e. The van der Waals surface area contributed by atoms with Crippen LogP contribution in [0.4, 0.5) is 0 Å². The van der Waals surface area contributed by atoms with Crippen molar-refractivity contribution in [3.8, 4) is 0 Å². The van der Waals surface area contributed by atoms with Crippen molar-refractivity contribution in [2.75, 3.05) is 13.3 Å². The van der Waals surface area contributed by atoms with Crippen LogP contribution in [0.15, 0.2) is 24.3 Å². The van der Waals surface area contributed by atoms with Gasteiger partial charge in [0.15, 0.2) is 0 Å². The van der Waals surface area contributed by atoms with E-state index >= 15 is 0 Å². The van der Waals surface area contributed by atoms with Gasteiger partial charge in [0.05, 0.1) is 11.8 Å². The number of likely N-dealkylation sites (N-methyl/N-ethyl adjacent to an activating group) is 1. The van der Waals surface area contributed by atoms with Crippen LogP contribution in [0.2, 0.25) is 0 Å². The first kappa shape index (κ1) is 20.1. The third-order valence-corrected chi connectivity index (χ3v) is 4.11. The number of carboxylic acid groups (broad SMARTS) is 1. The molecule has 134 valence electrons. The van der Waals surface area contributed by atoms with E-state index in [0.717, 1.165) is 11.8 Å². The fourth-order valence-electron chi connectivity index (χ4n) is 2.14. The average Bonchev–Trinajstić information content (AvgIpc) is 2.42. The van der Waals surface area contributed by atoms with Crippen LogP contribution < -0.4 is 4.72 Å². The molecule has 8 heteroatoms. The second-order valence-corrected chi connectivity index (χ2v) is 8.67. The number of aromatic carboxylic acids is 1. The largest absolute Gasteiger partial charge is 0.478 e. The van der Waals surface area contributed by atoms with Crippen LogP contribution in [0.5, 0.6) is 0 Å². The maximum Gasteiger partial charge on any atom is 0.335 e. The van der Waals surface area contributed by atoms with E-state index in [1.165, 1.54) is 17.0 Å². The van der Waals surface area contributed by atoms with Gasteiger partial charge >= 0.3 is 5.97 Å². The molecule has 0 saturated carbocycles. The average molecular weight is 356 g/mol. The summed E-state index contributed by atoms with van der Waals surface area (Å²) in [5.41, 5.74) is 0.323. The molecular formula is C16H24N2O5S. The van der Waals surface area contributed by atoms with Crippen LogP contribution in [-0.2, 0) is 21.4 Å². The first-order valence-corrected chi connectivity index (χ1v) is 9.25. The summed E-state index contributed by atoms with van der Waals surface area (Å²) in [4.78, 5) is 24.9. The summed E-state index contributed by atoms with van der Waals surface area (Å²) in [6, 6.07) is 5.29. The molecule has 0 radical (unpaired) electrons. The summed E-state index contributed by atoms with van der Waals surface area (Å²) in [6.45, 7) is 5.59. The first-order valence-electron chi connectivity index (χ1n) is 7.36.